The summed E-state index contributed by atoms with van der Waals surface area (Å²) in [4.78, 5) is 26.2. The molecule has 7 heteroatoms. The Kier molecular flexibility index (Phi) is 3.70. The maximum absolute atomic E-state index is 13.6. The van der Waals surface area contributed by atoms with E-state index in [9.17, 15) is 19.3 Å². The number of aromatic nitrogens is 2. The summed E-state index contributed by atoms with van der Waals surface area (Å²) in [5, 5.41) is 10.6. The molecule has 1 heterocycles. The van der Waals surface area contributed by atoms with Gasteiger partial charge in [0.1, 0.15) is 0 Å². The van der Waals surface area contributed by atoms with Crippen LogP contribution in [0.1, 0.15) is 36.4 Å². The van der Waals surface area contributed by atoms with Gasteiger partial charge in [-0.05, 0) is 24.5 Å². The molecule has 6 nitrogen and oxygen atoms in total. The Bertz CT molecular complexity index is 784. The molecule has 0 atom stereocenters. The summed E-state index contributed by atoms with van der Waals surface area (Å²) in [6, 6.07) is 5.13. The zero-order valence-electron chi connectivity index (χ0n) is 11.7. The zero-order chi connectivity index (χ0) is 15.7. The van der Waals surface area contributed by atoms with Crippen LogP contribution in [0.2, 0.25) is 0 Å². The summed E-state index contributed by atoms with van der Waals surface area (Å²) in [6.07, 6.45) is 4.74. The normalized spacial score (nSPS) is 14.6. The number of nitro benzene ring substituents is 1. The molecule has 0 N–H and O–H groups in total. The topological polar surface area (TPSA) is 78.0 Å². The SMILES string of the molecule is O=c1cc(C2CCC2)ncn1Cc1ccc([N+](=O)[O-])c(F)c1. The van der Waals surface area contributed by atoms with E-state index in [2.05, 4.69) is 4.98 Å². The molecule has 0 radical (unpaired) electrons. The fraction of sp³-hybridized carbons (Fsp3) is 0.333. The van der Waals surface area contributed by atoms with Crippen molar-refractivity contribution in [2.75, 3.05) is 0 Å². The predicted octanol–water partition coefficient (Wildman–Crippen LogP) is 2.61. The fourth-order valence-corrected chi connectivity index (χ4v) is 2.48. The zero-order valence-corrected chi connectivity index (χ0v) is 11.7. The molecule has 1 aliphatic carbocycles. The van der Waals surface area contributed by atoms with Crippen LogP contribution in [0, 0.1) is 15.9 Å². The number of rotatable bonds is 4. The highest BCUT2D eigenvalue weighted by molar-refractivity contribution is 5.35. The van der Waals surface area contributed by atoms with Gasteiger partial charge in [-0.1, -0.05) is 12.5 Å². The van der Waals surface area contributed by atoms with Gasteiger partial charge in [0.15, 0.2) is 0 Å². The van der Waals surface area contributed by atoms with Crippen LogP contribution >= 0.6 is 0 Å². The quantitative estimate of drug-likeness (QED) is 0.642. The first kappa shape index (κ1) is 14.4. The Morgan fingerprint density at radius 2 is 2.14 bits per heavy atom. The van der Waals surface area contributed by atoms with E-state index in [1.165, 1.54) is 23.0 Å². The molecule has 1 saturated carbocycles. The standard InChI is InChI=1S/C15H14FN3O3/c16-12-6-10(4-5-14(12)19(21)22)8-18-9-17-13(7-15(18)20)11-2-1-3-11/h4-7,9,11H,1-3,8H2. The van der Waals surface area contributed by atoms with Crippen LogP contribution in [0.3, 0.4) is 0 Å². The van der Waals surface area contributed by atoms with Crippen LogP contribution in [0.15, 0.2) is 35.4 Å². The first-order valence-electron chi connectivity index (χ1n) is 7.04. The first-order valence-corrected chi connectivity index (χ1v) is 7.04. The number of halogens is 1. The maximum Gasteiger partial charge on any atom is 0.304 e. The molecule has 3 rings (SSSR count). The monoisotopic (exact) mass is 303 g/mol. The van der Waals surface area contributed by atoms with Crippen molar-refractivity contribution in [3.8, 4) is 0 Å². The molecule has 2 aromatic rings. The van der Waals surface area contributed by atoms with Crippen molar-refractivity contribution in [2.45, 2.75) is 31.7 Å². The van der Waals surface area contributed by atoms with Gasteiger partial charge in [0, 0.05) is 18.1 Å². The molecule has 0 unspecified atom stereocenters. The van der Waals surface area contributed by atoms with Crippen LogP contribution in [-0.4, -0.2) is 14.5 Å². The Hall–Kier alpha value is -2.57. The van der Waals surface area contributed by atoms with Crippen molar-refractivity contribution in [1.29, 1.82) is 0 Å². The van der Waals surface area contributed by atoms with E-state index < -0.39 is 16.4 Å². The largest absolute Gasteiger partial charge is 0.304 e. The lowest BCUT2D eigenvalue weighted by Crippen LogP contribution is -2.23. The van der Waals surface area contributed by atoms with Crippen molar-refractivity contribution < 1.29 is 9.31 Å². The molecule has 114 valence electrons. The summed E-state index contributed by atoms with van der Waals surface area (Å²) in [5.74, 6) is -0.534. The number of hydrogen-bond donors (Lipinski definition) is 0. The van der Waals surface area contributed by atoms with Crippen LogP contribution < -0.4 is 5.56 Å². The molecular formula is C15H14FN3O3. The minimum absolute atomic E-state index is 0.131. The lowest BCUT2D eigenvalue weighted by atomic mass is 9.83. The van der Waals surface area contributed by atoms with Gasteiger partial charge >= 0.3 is 5.69 Å². The van der Waals surface area contributed by atoms with Gasteiger partial charge in [-0.2, -0.15) is 4.39 Å². The average Bonchev–Trinajstić information content (AvgIpc) is 2.39. The number of nitrogens with zero attached hydrogens (tertiary/aromatic N) is 3. The second-order valence-electron chi connectivity index (χ2n) is 5.45. The van der Waals surface area contributed by atoms with Crippen LogP contribution in [0.4, 0.5) is 10.1 Å². The van der Waals surface area contributed by atoms with Crippen LogP contribution in [-0.2, 0) is 6.54 Å². The van der Waals surface area contributed by atoms with Gasteiger partial charge in [-0.15, -0.1) is 0 Å². The molecule has 22 heavy (non-hydrogen) atoms. The molecule has 1 aromatic heterocycles. The van der Waals surface area contributed by atoms with E-state index in [4.69, 9.17) is 0 Å². The highest BCUT2D eigenvalue weighted by atomic mass is 19.1. The van der Waals surface area contributed by atoms with Gasteiger partial charge in [0.25, 0.3) is 5.56 Å². The van der Waals surface area contributed by atoms with Gasteiger partial charge in [0.05, 0.1) is 23.5 Å². The lowest BCUT2D eigenvalue weighted by Gasteiger charge is -2.24. The van der Waals surface area contributed by atoms with Crippen molar-refractivity contribution in [3.63, 3.8) is 0 Å². The summed E-state index contributed by atoms with van der Waals surface area (Å²) in [7, 11) is 0. The third-order valence-electron chi connectivity index (χ3n) is 3.99. The molecular weight excluding hydrogens is 289 g/mol. The molecule has 1 aliphatic rings. The molecule has 1 fully saturated rings. The summed E-state index contributed by atoms with van der Waals surface area (Å²) in [6.45, 7) is 0.131. The summed E-state index contributed by atoms with van der Waals surface area (Å²) in [5.41, 5.74) is 0.510. The molecule has 0 saturated heterocycles. The predicted molar refractivity (Wildman–Crippen MR) is 77.2 cm³/mol. The Morgan fingerprint density at radius 1 is 1.36 bits per heavy atom. The third-order valence-corrected chi connectivity index (χ3v) is 3.99. The van der Waals surface area contributed by atoms with Gasteiger partial charge in [-0.25, -0.2) is 4.98 Å². The van der Waals surface area contributed by atoms with E-state index in [0.717, 1.165) is 37.1 Å². The number of hydrogen-bond acceptors (Lipinski definition) is 4. The average molecular weight is 303 g/mol. The Labute approximate surface area is 125 Å². The molecule has 1 aromatic carbocycles. The highest BCUT2D eigenvalue weighted by Crippen LogP contribution is 2.34. The minimum Gasteiger partial charge on any atom is -0.295 e. The van der Waals surface area contributed by atoms with Crippen molar-refractivity contribution in [2.24, 2.45) is 0 Å². The first-order chi connectivity index (χ1) is 10.5. The second kappa shape index (κ2) is 5.67. The van der Waals surface area contributed by atoms with Crippen LogP contribution in [0.25, 0.3) is 0 Å². The second-order valence-corrected chi connectivity index (χ2v) is 5.45. The van der Waals surface area contributed by atoms with Gasteiger partial charge in [-0.3, -0.25) is 19.5 Å². The summed E-state index contributed by atoms with van der Waals surface area (Å²) >= 11 is 0. The van der Waals surface area contributed by atoms with E-state index in [-0.39, 0.29) is 12.1 Å². The van der Waals surface area contributed by atoms with Gasteiger partial charge < -0.3 is 0 Å². The third kappa shape index (κ3) is 2.74. The summed E-state index contributed by atoms with van der Waals surface area (Å²) < 4.78 is 14.9. The van der Waals surface area contributed by atoms with Crippen molar-refractivity contribution in [3.05, 3.63) is 68.1 Å². The maximum atomic E-state index is 13.6. The van der Waals surface area contributed by atoms with E-state index in [1.54, 1.807) is 0 Å². The van der Waals surface area contributed by atoms with Crippen molar-refractivity contribution >= 4 is 5.69 Å². The Morgan fingerprint density at radius 3 is 2.68 bits per heavy atom. The number of nitro groups is 1. The minimum atomic E-state index is -0.908. The molecule has 0 aliphatic heterocycles. The fourth-order valence-electron chi connectivity index (χ4n) is 2.48. The molecule has 0 amide bonds. The highest BCUT2D eigenvalue weighted by Gasteiger charge is 2.21. The van der Waals surface area contributed by atoms with E-state index in [1.807, 2.05) is 0 Å². The van der Waals surface area contributed by atoms with Crippen LogP contribution in [0.5, 0.6) is 0 Å². The smallest absolute Gasteiger partial charge is 0.295 e. The number of benzene rings is 1. The van der Waals surface area contributed by atoms with Crippen molar-refractivity contribution in [1.82, 2.24) is 9.55 Å². The van der Waals surface area contributed by atoms with Gasteiger partial charge in [0.2, 0.25) is 5.82 Å². The molecule has 0 bridgehead atoms. The molecule has 0 spiro atoms. The van der Waals surface area contributed by atoms with E-state index >= 15 is 0 Å². The Balaban J connectivity index is 1.82. The van der Waals surface area contributed by atoms with E-state index in [0.29, 0.717) is 11.5 Å². The lowest BCUT2D eigenvalue weighted by molar-refractivity contribution is -0.387.